The molecule has 2 atom stereocenters. The molecule has 1 saturated carbocycles. The number of benzene rings is 1. The molecule has 0 aliphatic heterocycles. The highest BCUT2D eigenvalue weighted by molar-refractivity contribution is 5.74. The predicted molar refractivity (Wildman–Crippen MR) is 91.8 cm³/mol. The molecule has 2 amide bonds. The molecule has 6 nitrogen and oxygen atoms in total. The number of para-hydroxylation sites is 1. The van der Waals surface area contributed by atoms with Crippen molar-refractivity contribution in [3.8, 4) is 5.69 Å². The summed E-state index contributed by atoms with van der Waals surface area (Å²) in [6.45, 7) is 0.575. The molecule has 1 aromatic carbocycles. The number of amides is 2. The first-order valence-corrected chi connectivity index (χ1v) is 8.49. The molecule has 3 N–H and O–H groups in total. The molecule has 3 rings (SSSR count). The van der Waals surface area contributed by atoms with Crippen LogP contribution in [0.1, 0.15) is 31.2 Å². The minimum Gasteiger partial charge on any atom is -0.396 e. The van der Waals surface area contributed by atoms with Crippen LogP contribution in [0.25, 0.3) is 5.69 Å². The van der Waals surface area contributed by atoms with Crippen molar-refractivity contribution in [3.05, 3.63) is 48.5 Å². The number of hydrogen-bond donors (Lipinski definition) is 3. The van der Waals surface area contributed by atoms with Crippen molar-refractivity contribution in [3.63, 3.8) is 0 Å². The van der Waals surface area contributed by atoms with Gasteiger partial charge in [-0.25, -0.2) is 9.78 Å². The Labute approximate surface area is 141 Å². The van der Waals surface area contributed by atoms with Crippen molar-refractivity contribution >= 4 is 6.03 Å². The summed E-state index contributed by atoms with van der Waals surface area (Å²) in [6, 6.07) is 7.80. The molecular weight excluding hydrogens is 304 g/mol. The molecule has 6 heteroatoms. The zero-order valence-corrected chi connectivity index (χ0v) is 13.7. The summed E-state index contributed by atoms with van der Waals surface area (Å²) in [7, 11) is 0. The van der Waals surface area contributed by atoms with E-state index in [0.29, 0.717) is 6.54 Å². The Morgan fingerprint density at radius 1 is 1.29 bits per heavy atom. The monoisotopic (exact) mass is 328 g/mol. The molecule has 1 aliphatic rings. The second kappa shape index (κ2) is 7.97. The lowest BCUT2D eigenvalue weighted by Crippen LogP contribution is -2.47. The minimum absolute atomic E-state index is 0.0626. The third-order valence-electron chi connectivity index (χ3n) is 4.67. The molecule has 1 aromatic heterocycles. The lowest BCUT2D eigenvalue weighted by atomic mass is 9.85. The van der Waals surface area contributed by atoms with Gasteiger partial charge in [-0.05, 0) is 24.5 Å². The Kier molecular flexibility index (Phi) is 5.48. The lowest BCUT2D eigenvalue weighted by molar-refractivity contribution is 0.153. The van der Waals surface area contributed by atoms with Gasteiger partial charge in [0.15, 0.2) is 0 Å². The average Bonchev–Trinajstić information content (AvgIpc) is 3.15. The van der Waals surface area contributed by atoms with E-state index in [1.807, 2.05) is 35.0 Å². The van der Waals surface area contributed by atoms with Gasteiger partial charge in [-0.3, -0.25) is 0 Å². The Morgan fingerprint density at radius 3 is 2.92 bits per heavy atom. The molecule has 0 bridgehead atoms. The molecule has 1 heterocycles. The summed E-state index contributed by atoms with van der Waals surface area (Å²) >= 11 is 0. The molecule has 128 valence electrons. The van der Waals surface area contributed by atoms with E-state index in [2.05, 4.69) is 15.6 Å². The van der Waals surface area contributed by atoms with E-state index < -0.39 is 0 Å². The zero-order valence-electron chi connectivity index (χ0n) is 13.7. The van der Waals surface area contributed by atoms with Gasteiger partial charge in [-0.2, -0.15) is 0 Å². The maximum absolute atomic E-state index is 12.2. The van der Waals surface area contributed by atoms with Gasteiger partial charge in [-0.15, -0.1) is 0 Å². The van der Waals surface area contributed by atoms with E-state index in [-0.39, 0.29) is 24.6 Å². The molecule has 1 fully saturated rings. The fourth-order valence-corrected chi connectivity index (χ4v) is 3.32. The number of imidazole rings is 1. The minimum atomic E-state index is -0.180. The largest absolute Gasteiger partial charge is 0.396 e. The van der Waals surface area contributed by atoms with Crippen molar-refractivity contribution in [1.29, 1.82) is 0 Å². The highest BCUT2D eigenvalue weighted by Crippen LogP contribution is 2.23. The van der Waals surface area contributed by atoms with Gasteiger partial charge in [-0.1, -0.05) is 31.0 Å². The maximum Gasteiger partial charge on any atom is 0.315 e. The summed E-state index contributed by atoms with van der Waals surface area (Å²) in [4.78, 5) is 16.3. The van der Waals surface area contributed by atoms with Gasteiger partial charge in [0.25, 0.3) is 0 Å². The van der Waals surface area contributed by atoms with Crippen molar-refractivity contribution in [2.24, 2.45) is 5.92 Å². The molecule has 0 radical (unpaired) electrons. The van der Waals surface area contributed by atoms with Crippen molar-refractivity contribution < 1.29 is 9.90 Å². The van der Waals surface area contributed by atoms with Crippen molar-refractivity contribution in [1.82, 2.24) is 20.2 Å². The Balaban J connectivity index is 1.59. The van der Waals surface area contributed by atoms with Crippen LogP contribution in [0.15, 0.2) is 43.0 Å². The quantitative estimate of drug-likeness (QED) is 0.787. The number of hydrogen-bond acceptors (Lipinski definition) is 3. The first-order chi connectivity index (χ1) is 11.8. The smallest absolute Gasteiger partial charge is 0.315 e. The number of nitrogens with one attached hydrogen (secondary N) is 2. The van der Waals surface area contributed by atoms with Crippen LogP contribution < -0.4 is 10.6 Å². The first-order valence-electron chi connectivity index (χ1n) is 8.49. The van der Waals surface area contributed by atoms with Crippen LogP contribution in [-0.2, 0) is 6.54 Å². The number of aromatic nitrogens is 2. The number of rotatable bonds is 5. The number of carbonyl (C=O) groups excluding carboxylic acids is 1. The normalized spacial score (nSPS) is 20.5. The van der Waals surface area contributed by atoms with Gasteiger partial charge in [0, 0.05) is 37.5 Å². The highest BCUT2D eigenvalue weighted by atomic mass is 16.3. The second-order valence-electron chi connectivity index (χ2n) is 6.26. The fourth-order valence-electron chi connectivity index (χ4n) is 3.32. The molecule has 0 spiro atoms. The summed E-state index contributed by atoms with van der Waals surface area (Å²) in [5.41, 5.74) is 2.02. The molecular formula is C18H24N4O2. The number of nitrogens with zero attached hydrogens (tertiary/aromatic N) is 2. The Morgan fingerprint density at radius 2 is 2.12 bits per heavy atom. The van der Waals surface area contributed by atoms with Crippen LogP contribution >= 0.6 is 0 Å². The van der Waals surface area contributed by atoms with Gasteiger partial charge in [0.1, 0.15) is 0 Å². The number of aliphatic hydroxyl groups excluding tert-OH is 1. The van der Waals surface area contributed by atoms with Crippen LogP contribution in [0.5, 0.6) is 0 Å². The SMILES string of the molecule is O=C(NCc1ccccc1-n1ccnc1)NC1CCCCC1CO. The van der Waals surface area contributed by atoms with Gasteiger partial charge >= 0.3 is 6.03 Å². The van der Waals surface area contributed by atoms with E-state index in [1.165, 1.54) is 0 Å². The van der Waals surface area contributed by atoms with E-state index >= 15 is 0 Å². The van der Waals surface area contributed by atoms with E-state index in [9.17, 15) is 9.90 Å². The second-order valence-corrected chi connectivity index (χ2v) is 6.26. The van der Waals surface area contributed by atoms with Crippen LogP contribution in [0.3, 0.4) is 0 Å². The fraction of sp³-hybridized carbons (Fsp3) is 0.444. The summed E-state index contributed by atoms with van der Waals surface area (Å²) in [6.07, 6.45) is 9.50. The van der Waals surface area contributed by atoms with Gasteiger partial charge in [0.05, 0.1) is 12.0 Å². The topological polar surface area (TPSA) is 79.2 Å². The highest BCUT2D eigenvalue weighted by Gasteiger charge is 2.25. The maximum atomic E-state index is 12.2. The Hall–Kier alpha value is -2.34. The molecule has 1 aliphatic carbocycles. The molecule has 2 aromatic rings. The van der Waals surface area contributed by atoms with E-state index in [0.717, 1.165) is 36.9 Å². The van der Waals surface area contributed by atoms with Gasteiger partial charge in [0.2, 0.25) is 0 Å². The summed E-state index contributed by atoms with van der Waals surface area (Å²) < 4.78 is 1.93. The lowest BCUT2D eigenvalue weighted by Gasteiger charge is -2.30. The van der Waals surface area contributed by atoms with E-state index in [4.69, 9.17) is 0 Å². The molecule has 24 heavy (non-hydrogen) atoms. The third kappa shape index (κ3) is 3.94. The van der Waals surface area contributed by atoms with Gasteiger partial charge < -0.3 is 20.3 Å². The van der Waals surface area contributed by atoms with Crippen LogP contribution in [-0.4, -0.2) is 33.3 Å². The van der Waals surface area contributed by atoms with Crippen LogP contribution in [0.4, 0.5) is 4.79 Å². The van der Waals surface area contributed by atoms with E-state index in [1.54, 1.807) is 12.5 Å². The first kappa shape index (κ1) is 16.5. The molecule has 2 unspecified atom stereocenters. The van der Waals surface area contributed by atoms with Crippen LogP contribution in [0.2, 0.25) is 0 Å². The summed E-state index contributed by atoms with van der Waals surface area (Å²) in [5.74, 6) is 0.169. The number of urea groups is 1. The van der Waals surface area contributed by atoms with Crippen molar-refractivity contribution in [2.45, 2.75) is 38.3 Å². The predicted octanol–water partition coefficient (Wildman–Crippen LogP) is 2.22. The number of aliphatic hydroxyl groups is 1. The van der Waals surface area contributed by atoms with Crippen molar-refractivity contribution in [2.75, 3.05) is 6.61 Å². The Bertz CT molecular complexity index is 657. The third-order valence-corrected chi connectivity index (χ3v) is 4.67. The zero-order chi connectivity index (χ0) is 16.8. The standard InChI is InChI=1S/C18H24N4O2/c23-12-15-6-1-3-7-16(15)21-18(24)20-11-14-5-2-4-8-17(14)22-10-9-19-13-22/h2,4-5,8-10,13,15-16,23H,1,3,6-7,11-12H2,(H2,20,21,24). The average molecular weight is 328 g/mol. The van der Waals surface area contributed by atoms with Crippen LogP contribution in [0, 0.1) is 5.92 Å². The summed E-state index contributed by atoms with van der Waals surface area (Å²) in [5, 5.41) is 15.4. The molecule has 0 saturated heterocycles. The number of carbonyl (C=O) groups is 1.